The second kappa shape index (κ2) is 6.45. The zero-order chi connectivity index (χ0) is 16.4. The molecule has 0 N–H and O–H groups in total. The number of hydrogen-bond acceptors (Lipinski definition) is 6. The van der Waals surface area contributed by atoms with E-state index in [4.69, 9.17) is 0 Å². The summed E-state index contributed by atoms with van der Waals surface area (Å²) in [5.41, 5.74) is 0. The lowest BCUT2D eigenvalue weighted by Crippen LogP contribution is -2.44. The van der Waals surface area contributed by atoms with Crippen LogP contribution in [0, 0.1) is 0 Å². The van der Waals surface area contributed by atoms with Crippen molar-refractivity contribution in [1.29, 1.82) is 0 Å². The monoisotopic (exact) mass is 342 g/mol. The van der Waals surface area contributed by atoms with Crippen molar-refractivity contribution in [2.45, 2.75) is 30.9 Å². The molecule has 2 atom stereocenters. The highest BCUT2D eigenvalue weighted by molar-refractivity contribution is 4.68. The van der Waals surface area contributed by atoms with Crippen LogP contribution in [-0.4, -0.2) is 63.9 Å². The molecule has 2 unspecified atom stereocenters. The fourth-order valence-corrected chi connectivity index (χ4v) is 1.23. The number of halogens is 6. The lowest BCUT2D eigenvalue weighted by atomic mass is 10.5. The Balaban J connectivity index is 1.73. The minimum atomic E-state index is -5.25. The number of hydrogen-bond donors (Lipinski definition) is 0. The summed E-state index contributed by atoms with van der Waals surface area (Å²) in [7, 11) is 0. The topological polar surface area (TPSA) is 62.0 Å². The van der Waals surface area contributed by atoms with Gasteiger partial charge in [-0.3, -0.25) is 0 Å². The number of epoxide rings is 2. The minimum Gasteiger partial charge on any atom is -0.371 e. The summed E-state index contributed by atoms with van der Waals surface area (Å²) in [5, 5.41) is 0. The Hall–Kier alpha value is -0.660. The second-order valence-electron chi connectivity index (χ2n) is 4.49. The Morgan fingerprint density at radius 2 is 1.41 bits per heavy atom. The van der Waals surface area contributed by atoms with Crippen LogP contribution < -0.4 is 0 Å². The van der Waals surface area contributed by atoms with E-state index in [0.717, 1.165) is 0 Å². The first-order chi connectivity index (χ1) is 10.1. The SMILES string of the molecule is FC(F)(COCC1CO1)OC(F)(F)OC(F)(F)COC1CO1. The van der Waals surface area contributed by atoms with Gasteiger partial charge in [-0.05, 0) is 0 Å². The summed E-state index contributed by atoms with van der Waals surface area (Å²) in [6, 6.07) is 0. The Labute approximate surface area is 120 Å². The zero-order valence-corrected chi connectivity index (χ0v) is 10.9. The van der Waals surface area contributed by atoms with E-state index in [2.05, 4.69) is 28.4 Å². The van der Waals surface area contributed by atoms with Gasteiger partial charge >= 0.3 is 18.5 Å². The van der Waals surface area contributed by atoms with Crippen molar-refractivity contribution in [1.82, 2.24) is 0 Å². The Bertz CT molecular complexity index is 373. The van der Waals surface area contributed by atoms with Gasteiger partial charge in [0.2, 0.25) is 0 Å². The molecule has 2 aliphatic rings. The van der Waals surface area contributed by atoms with Gasteiger partial charge in [-0.15, -0.1) is 8.78 Å². The van der Waals surface area contributed by atoms with Crippen LogP contribution in [0.4, 0.5) is 26.3 Å². The van der Waals surface area contributed by atoms with Gasteiger partial charge in [0.1, 0.15) is 25.9 Å². The molecule has 0 radical (unpaired) electrons. The van der Waals surface area contributed by atoms with Gasteiger partial charge in [0.15, 0.2) is 6.29 Å². The molecule has 0 aromatic rings. The molecule has 130 valence electrons. The third-order valence-electron chi connectivity index (χ3n) is 2.25. The molecular formula is C10H12F6O6. The van der Waals surface area contributed by atoms with E-state index in [9.17, 15) is 26.3 Å². The summed E-state index contributed by atoms with van der Waals surface area (Å²) in [4.78, 5) is 0. The van der Waals surface area contributed by atoms with Crippen LogP contribution in [0.3, 0.4) is 0 Å². The lowest BCUT2D eigenvalue weighted by Gasteiger charge is -2.26. The largest absolute Gasteiger partial charge is 0.495 e. The first-order valence-electron chi connectivity index (χ1n) is 6.03. The highest BCUT2D eigenvalue weighted by Crippen LogP contribution is 2.34. The number of rotatable bonds is 11. The molecule has 2 fully saturated rings. The minimum absolute atomic E-state index is 0.0308. The van der Waals surface area contributed by atoms with Gasteiger partial charge in [0.05, 0.1) is 13.2 Å². The normalized spacial score (nSPS) is 25.4. The van der Waals surface area contributed by atoms with Crippen LogP contribution in [0.5, 0.6) is 0 Å². The first kappa shape index (κ1) is 17.7. The van der Waals surface area contributed by atoms with Gasteiger partial charge in [-0.25, -0.2) is 9.47 Å². The van der Waals surface area contributed by atoms with Gasteiger partial charge in [-0.2, -0.15) is 17.6 Å². The quantitative estimate of drug-likeness (QED) is 0.323. The molecule has 0 saturated carbocycles. The van der Waals surface area contributed by atoms with E-state index in [0.29, 0.717) is 6.61 Å². The molecule has 2 saturated heterocycles. The van der Waals surface area contributed by atoms with Crippen LogP contribution in [0.25, 0.3) is 0 Å². The van der Waals surface area contributed by atoms with Gasteiger partial charge < -0.3 is 18.9 Å². The van der Waals surface area contributed by atoms with E-state index < -0.39 is 38.0 Å². The Morgan fingerprint density at radius 1 is 0.864 bits per heavy atom. The smallest absolute Gasteiger partial charge is 0.371 e. The van der Waals surface area contributed by atoms with Crippen LogP contribution in [0.1, 0.15) is 0 Å². The molecule has 0 aromatic heterocycles. The van der Waals surface area contributed by atoms with Crippen molar-refractivity contribution in [2.75, 3.05) is 33.0 Å². The third kappa shape index (κ3) is 7.07. The molecule has 0 spiro atoms. The molecular weight excluding hydrogens is 330 g/mol. The van der Waals surface area contributed by atoms with E-state index in [1.807, 2.05) is 0 Å². The fourth-order valence-electron chi connectivity index (χ4n) is 1.23. The van der Waals surface area contributed by atoms with E-state index in [1.54, 1.807) is 0 Å². The summed E-state index contributed by atoms with van der Waals surface area (Å²) in [6.45, 7) is -3.08. The fraction of sp³-hybridized carbons (Fsp3) is 1.00. The van der Waals surface area contributed by atoms with E-state index in [1.165, 1.54) is 0 Å². The molecule has 0 aromatic carbocycles. The van der Waals surface area contributed by atoms with Crippen molar-refractivity contribution in [3.8, 4) is 0 Å². The van der Waals surface area contributed by atoms with Crippen molar-refractivity contribution >= 4 is 0 Å². The van der Waals surface area contributed by atoms with Crippen LogP contribution in [0.15, 0.2) is 0 Å². The summed E-state index contributed by atoms with van der Waals surface area (Å²) >= 11 is 0. The molecule has 6 nitrogen and oxygen atoms in total. The first-order valence-corrected chi connectivity index (χ1v) is 6.03. The number of ether oxygens (including phenoxy) is 6. The molecule has 0 amide bonds. The standard InChI is InChI=1S/C10H12F6O6/c11-8(12,4-17-1-6-2-18-6)21-10(15,16)22-9(13,14)5-20-7-3-19-7/h6-7H,1-5H2. The van der Waals surface area contributed by atoms with Crippen molar-refractivity contribution < 1.29 is 54.8 Å². The maximum atomic E-state index is 13.0. The molecule has 22 heavy (non-hydrogen) atoms. The molecule has 2 heterocycles. The lowest BCUT2D eigenvalue weighted by molar-refractivity contribution is -0.518. The van der Waals surface area contributed by atoms with E-state index in [-0.39, 0.29) is 19.3 Å². The Morgan fingerprint density at radius 3 is 1.91 bits per heavy atom. The third-order valence-corrected chi connectivity index (χ3v) is 2.25. The molecule has 0 bridgehead atoms. The maximum absolute atomic E-state index is 13.0. The van der Waals surface area contributed by atoms with Gasteiger partial charge in [0, 0.05) is 0 Å². The Kier molecular flexibility index (Phi) is 5.19. The van der Waals surface area contributed by atoms with E-state index >= 15 is 0 Å². The summed E-state index contributed by atoms with van der Waals surface area (Å²) in [5.74, 6) is 0. The maximum Gasteiger partial charge on any atom is 0.495 e. The molecule has 2 rings (SSSR count). The van der Waals surface area contributed by atoms with Gasteiger partial charge in [-0.1, -0.05) is 0 Å². The summed E-state index contributed by atoms with van der Waals surface area (Å²) in [6.07, 6.45) is -15.6. The summed E-state index contributed by atoms with van der Waals surface area (Å²) < 4.78 is 102. The highest BCUT2D eigenvalue weighted by Gasteiger charge is 2.53. The predicted octanol–water partition coefficient (Wildman–Crippen LogP) is 1.54. The average Bonchev–Trinajstić information content (AvgIpc) is 3.19. The molecule has 12 heteroatoms. The number of alkyl halides is 6. The van der Waals surface area contributed by atoms with Gasteiger partial charge in [0.25, 0.3) is 0 Å². The zero-order valence-electron chi connectivity index (χ0n) is 10.9. The molecule has 0 aliphatic carbocycles. The predicted molar refractivity (Wildman–Crippen MR) is 53.3 cm³/mol. The second-order valence-corrected chi connectivity index (χ2v) is 4.49. The van der Waals surface area contributed by atoms with Crippen LogP contribution >= 0.6 is 0 Å². The average molecular weight is 342 g/mol. The van der Waals surface area contributed by atoms with Crippen LogP contribution in [-0.2, 0) is 28.4 Å². The highest BCUT2D eigenvalue weighted by atomic mass is 19.3. The molecule has 2 aliphatic heterocycles. The van der Waals surface area contributed by atoms with Crippen molar-refractivity contribution in [3.05, 3.63) is 0 Å². The van der Waals surface area contributed by atoms with Crippen molar-refractivity contribution in [3.63, 3.8) is 0 Å². The van der Waals surface area contributed by atoms with Crippen molar-refractivity contribution in [2.24, 2.45) is 0 Å². The van der Waals surface area contributed by atoms with Crippen LogP contribution in [0.2, 0.25) is 0 Å².